The molecule has 12 heavy (non-hydrogen) atoms. The van der Waals surface area contributed by atoms with E-state index >= 15 is 0 Å². The average molecular weight is 174 g/mol. The molecule has 2 atom stereocenters. The number of hydrogen-bond donors (Lipinski definition) is 3. The number of amides is 1. The largest absolute Gasteiger partial charge is 0.392 e. The van der Waals surface area contributed by atoms with Crippen molar-refractivity contribution in [1.29, 1.82) is 0 Å². The van der Waals surface area contributed by atoms with Crippen LogP contribution in [-0.4, -0.2) is 30.2 Å². The normalized spacial score (nSPS) is 15.3. The van der Waals surface area contributed by atoms with Crippen molar-refractivity contribution in [3.05, 3.63) is 0 Å². The molecule has 0 rings (SSSR count). The van der Waals surface area contributed by atoms with Crippen LogP contribution in [0.2, 0.25) is 0 Å². The van der Waals surface area contributed by atoms with Gasteiger partial charge in [0, 0.05) is 19.0 Å². The summed E-state index contributed by atoms with van der Waals surface area (Å²) in [6.45, 7) is 4.21. The Labute approximate surface area is 73.1 Å². The van der Waals surface area contributed by atoms with Crippen LogP contribution >= 0.6 is 0 Å². The first-order valence-corrected chi connectivity index (χ1v) is 4.27. The first kappa shape index (κ1) is 11.4. The summed E-state index contributed by atoms with van der Waals surface area (Å²) in [5.41, 5.74) is 5.37. The summed E-state index contributed by atoms with van der Waals surface area (Å²) in [6.07, 6.45) is 0.242. The minimum Gasteiger partial charge on any atom is -0.392 e. The number of hydrogen-bond acceptors (Lipinski definition) is 3. The summed E-state index contributed by atoms with van der Waals surface area (Å²) < 4.78 is 0. The van der Waals surface area contributed by atoms with Crippen LogP contribution in [0, 0.1) is 5.92 Å². The predicted octanol–water partition coefficient (Wildman–Crippen LogP) is -0.532. The minimum atomic E-state index is -0.496. The fourth-order valence-corrected chi connectivity index (χ4v) is 0.852. The van der Waals surface area contributed by atoms with Gasteiger partial charge in [0.05, 0.1) is 6.10 Å². The Morgan fingerprint density at radius 2 is 2.25 bits per heavy atom. The summed E-state index contributed by atoms with van der Waals surface area (Å²) in [5.74, 6) is -0.190. The van der Waals surface area contributed by atoms with E-state index in [2.05, 4.69) is 5.32 Å². The van der Waals surface area contributed by atoms with Crippen LogP contribution in [-0.2, 0) is 4.79 Å². The molecule has 1 unspecified atom stereocenters. The highest BCUT2D eigenvalue weighted by molar-refractivity contribution is 5.78. The highest BCUT2D eigenvalue weighted by Gasteiger charge is 2.13. The second-order valence-corrected chi connectivity index (χ2v) is 2.94. The lowest BCUT2D eigenvalue weighted by molar-refractivity contribution is -0.125. The third kappa shape index (κ3) is 4.31. The fourth-order valence-electron chi connectivity index (χ4n) is 0.852. The first-order valence-electron chi connectivity index (χ1n) is 4.27. The molecule has 0 bridgehead atoms. The third-order valence-electron chi connectivity index (χ3n) is 1.72. The van der Waals surface area contributed by atoms with Crippen LogP contribution in [0.15, 0.2) is 0 Å². The lowest BCUT2D eigenvalue weighted by Crippen LogP contribution is -2.38. The molecule has 0 aliphatic heterocycles. The van der Waals surface area contributed by atoms with Crippen molar-refractivity contribution in [3.63, 3.8) is 0 Å². The van der Waals surface area contributed by atoms with Gasteiger partial charge in [-0.2, -0.15) is 0 Å². The molecule has 1 amide bonds. The maximum absolute atomic E-state index is 11.2. The van der Waals surface area contributed by atoms with Crippen LogP contribution in [0.5, 0.6) is 0 Å². The van der Waals surface area contributed by atoms with Gasteiger partial charge in [-0.25, -0.2) is 0 Å². The second-order valence-electron chi connectivity index (χ2n) is 2.94. The molecule has 4 N–H and O–H groups in total. The number of rotatable bonds is 5. The van der Waals surface area contributed by atoms with Crippen molar-refractivity contribution in [2.75, 3.05) is 13.1 Å². The second kappa shape index (κ2) is 5.97. The summed E-state index contributed by atoms with van der Waals surface area (Å²) in [7, 11) is 0. The number of carbonyl (C=O) groups excluding carboxylic acids is 1. The van der Waals surface area contributed by atoms with Crippen molar-refractivity contribution in [3.8, 4) is 0 Å². The van der Waals surface area contributed by atoms with Crippen molar-refractivity contribution in [2.45, 2.75) is 26.4 Å². The zero-order chi connectivity index (χ0) is 9.56. The molecule has 72 valence electrons. The van der Waals surface area contributed by atoms with E-state index in [-0.39, 0.29) is 11.8 Å². The van der Waals surface area contributed by atoms with Gasteiger partial charge in [0.25, 0.3) is 0 Å². The van der Waals surface area contributed by atoms with Gasteiger partial charge in [-0.15, -0.1) is 0 Å². The molecule has 0 aromatic rings. The van der Waals surface area contributed by atoms with E-state index < -0.39 is 6.10 Å². The SMILES string of the molecule is CCC(CN)C(=O)NC[C@H](C)O. The minimum absolute atomic E-state index is 0.0686. The van der Waals surface area contributed by atoms with Gasteiger partial charge in [0.15, 0.2) is 0 Å². The Bertz CT molecular complexity index is 133. The van der Waals surface area contributed by atoms with Crippen LogP contribution in [0.3, 0.4) is 0 Å². The van der Waals surface area contributed by atoms with Crippen molar-refractivity contribution < 1.29 is 9.90 Å². The standard InChI is InChI=1S/C8H18N2O2/c1-3-7(4-9)8(12)10-5-6(2)11/h6-7,11H,3-5,9H2,1-2H3,(H,10,12)/t6-,7?/m0/s1. The molecule has 4 nitrogen and oxygen atoms in total. The van der Waals surface area contributed by atoms with E-state index in [4.69, 9.17) is 10.8 Å². The van der Waals surface area contributed by atoms with Crippen LogP contribution in [0.4, 0.5) is 0 Å². The Balaban J connectivity index is 3.69. The van der Waals surface area contributed by atoms with Crippen molar-refractivity contribution in [1.82, 2.24) is 5.32 Å². The molecule has 0 radical (unpaired) electrons. The molecule has 0 saturated heterocycles. The van der Waals surface area contributed by atoms with E-state index in [1.54, 1.807) is 6.92 Å². The summed E-state index contributed by atoms with van der Waals surface area (Å²) >= 11 is 0. The van der Waals surface area contributed by atoms with E-state index in [9.17, 15) is 4.79 Å². The third-order valence-corrected chi connectivity index (χ3v) is 1.72. The predicted molar refractivity (Wildman–Crippen MR) is 47.5 cm³/mol. The molecular formula is C8H18N2O2. The summed E-state index contributed by atoms with van der Waals surface area (Å²) in [6, 6.07) is 0. The summed E-state index contributed by atoms with van der Waals surface area (Å²) in [5, 5.41) is 11.5. The van der Waals surface area contributed by atoms with Crippen LogP contribution in [0.1, 0.15) is 20.3 Å². The fraction of sp³-hybridized carbons (Fsp3) is 0.875. The molecule has 0 aliphatic carbocycles. The summed E-state index contributed by atoms with van der Waals surface area (Å²) in [4.78, 5) is 11.2. The van der Waals surface area contributed by atoms with E-state index in [0.29, 0.717) is 13.1 Å². The Hall–Kier alpha value is -0.610. The smallest absolute Gasteiger partial charge is 0.224 e. The monoisotopic (exact) mass is 174 g/mol. The topological polar surface area (TPSA) is 75.4 Å². The van der Waals surface area contributed by atoms with Gasteiger partial charge >= 0.3 is 0 Å². The Kier molecular flexibility index (Phi) is 5.66. The van der Waals surface area contributed by atoms with Gasteiger partial charge in [-0.3, -0.25) is 4.79 Å². The molecule has 0 aromatic carbocycles. The van der Waals surface area contributed by atoms with Gasteiger partial charge in [0.1, 0.15) is 0 Å². The molecule has 4 heteroatoms. The maximum Gasteiger partial charge on any atom is 0.224 e. The zero-order valence-electron chi connectivity index (χ0n) is 7.71. The van der Waals surface area contributed by atoms with Gasteiger partial charge in [-0.05, 0) is 13.3 Å². The highest BCUT2D eigenvalue weighted by atomic mass is 16.3. The molecule has 0 aliphatic rings. The lowest BCUT2D eigenvalue weighted by atomic mass is 10.1. The zero-order valence-corrected chi connectivity index (χ0v) is 7.71. The van der Waals surface area contributed by atoms with Crippen LogP contribution < -0.4 is 11.1 Å². The molecule has 0 fully saturated rings. The van der Waals surface area contributed by atoms with Gasteiger partial charge < -0.3 is 16.2 Å². The van der Waals surface area contributed by atoms with Crippen molar-refractivity contribution in [2.24, 2.45) is 11.7 Å². The molecule has 0 aromatic heterocycles. The maximum atomic E-state index is 11.2. The van der Waals surface area contributed by atoms with Crippen molar-refractivity contribution >= 4 is 5.91 Å². The van der Waals surface area contributed by atoms with E-state index in [0.717, 1.165) is 6.42 Å². The number of nitrogens with one attached hydrogen (secondary N) is 1. The van der Waals surface area contributed by atoms with Gasteiger partial charge in [-0.1, -0.05) is 6.92 Å². The molecular weight excluding hydrogens is 156 g/mol. The van der Waals surface area contributed by atoms with Gasteiger partial charge in [0.2, 0.25) is 5.91 Å². The van der Waals surface area contributed by atoms with E-state index in [1.807, 2.05) is 6.92 Å². The highest BCUT2D eigenvalue weighted by Crippen LogP contribution is 1.98. The first-order chi connectivity index (χ1) is 5.61. The molecule has 0 heterocycles. The molecule has 0 spiro atoms. The Morgan fingerprint density at radius 3 is 2.58 bits per heavy atom. The molecule has 0 saturated carbocycles. The average Bonchev–Trinajstić information content (AvgIpc) is 2.03. The number of carbonyl (C=O) groups is 1. The number of aliphatic hydroxyl groups is 1. The van der Waals surface area contributed by atoms with Crippen LogP contribution in [0.25, 0.3) is 0 Å². The Morgan fingerprint density at radius 1 is 1.67 bits per heavy atom. The quantitative estimate of drug-likeness (QED) is 0.524. The number of nitrogens with two attached hydrogens (primary N) is 1. The number of aliphatic hydroxyl groups excluding tert-OH is 1. The lowest BCUT2D eigenvalue weighted by Gasteiger charge is -2.13. The van der Waals surface area contributed by atoms with E-state index in [1.165, 1.54) is 0 Å².